The first-order valence-electron chi connectivity index (χ1n) is 5.64. The van der Waals surface area contributed by atoms with Crippen molar-refractivity contribution in [3.05, 3.63) is 22.2 Å². The molecule has 0 bridgehead atoms. The van der Waals surface area contributed by atoms with Gasteiger partial charge in [-0.3, -0.25) is 0 Å². The smallest absolute Gasteiger partial charge is 0.164 e. The Balaban J connectivity index is 3.48. The van der Waals surface area contributed by atoms with Crippen LogP contribution in [0.3, 0.4) is 0 Å². The van der Waals surface area contributed by atoms with Crippen LogP contribution in [0, 0.1) is 0 Å². The fraction of sp³-hybridized carbons (Fsp3) is 0.538. The summed E-state index contributed by atoms with van der Waals surface area (Å²) in [6.07, 6.45) is 0.778. The molecule has 0 fully saturated rings. The lowest BCUT2D eigenvalue weighted by atomic mass is 9.93. The molecule has 0 aliphatic carbocycles. The lowest BCUT2D eigenvalue weighted by Gasteiger charge is -2.20. The minimum atomic E-state index is -0.0164. The maximum Gasteiger partial charge on any atom is 0.164 e. The maximum atomic E-state index is 9.29. The van der Waals surface area contributed by atoms with E-state index in [1.54, 1.807) is 20.3 Å². The van der Waals surface area contributed by atoms with Gasteiger partial charge in [-0.05, 0) is 12.0 Å². The fourth-order valence-corrected chi connectivity index (χ4v) is 2.42. The quantitative estimate of drug-likeness (QED) is 0.882. The van der Waals surface area contributed by atoms with Crippen LogP contribution in [0.15, 0.2) is 6.07 Å². The summed E-state index contributed by atoms with van der Waals surface area (Å²) in [5.74, 6) is 1.31. The molecule has 1 unspecified atom stereocenters. The van der Waals surface area contributed by atoms with Crippen molar-refractivity contribution in [1.29, 1.82) is 0 Å². The highest BCUT2D eigenvalue weighted by molar-refractivity contribution is 6.31. The molecule has 0 radical (unpaired) electrons. The average Bonchev–Trinajstić information content (AvgIpc) is 2.36. The van der Waals surface area contributed by atoms with Crippen LogP contribution < -0.4 is 9.47 Å². The number of benzene rings is 1. The van der Waals surface area contributed by atoms with E-state index < -0.39 is 0 Å². The van der Waals surface area contributed by atoms with Gasteiger partial charge in [0.1, 0.15) is 0 Å². The topological polar surface area (TPSA) is 38.7 Å². The predicted octanol–water partition coefficient (Wildman–Crippen LogP) is 3.02. The summed E-state index contributed by atoms with van der Waals surface area (Å²) in [7, 11) is 3.20. The van der Waals surface area contributed by atoms with E-state index in [0.717, 1.165) is 17.5 Å². The van der Waals surface area contributed by atoms with Crippen molar-refractivity contribution in [2.24, 2.45) is 0 Å². The lowest BCUT2D eigenvalue weighted by molar-refractivity contribution is 0.272. The van der Waals surface area contributed by atoms with Crippen molar-refractivity contribution in [1.82, 2.24) is 0 Å². The molecule has 1 aromatic carbocycles. The van der Waals surface area contributed by atoms with Crippen LogP contribution >= 0.6 is 11.6 Å². The van der Waals surface area contributed by atoms with Crippen molar-refractivity contribution < 1.29 is 14.6 Å². The first-order chi connectivity index (χ1) is 8.10. The van der Waals surface area contributed by atoms with Gasteiger partial charge in [0.2, 0.25) is 0 Å². The first kappa shape index (κ1) is 14.1. The number of hydrogen-bond acceptors (Lipinski definition) is 3. The number of aliphatic hydroxyl groups is 1. The minimum absolute atomic E-state index is 0.0164. The van der Waals surface area contributed by atoms with Crippen LogP contribution in [0.4, 0.5) is 0 Å². The lowest BCUT2D eigenvalue weighted by Crippen LogP contribution is -2.07. The van der Waals surface area contributed by atoms with Gasteiger partial charge in [0.15, 0.2) is 11.5 Å². The summed E-state index contributed by atoms with van der Waals surface area (Å²) in [6, 6.07) is 1.74. The SMILES string of the molecule is CCc1c(OC)c(OC)cc(Cl)c1C(C)CO. The fourth-order valence-electron chi connectivity index (χ4n) is 2.02. The van der Waals surface area contributed by atoms with Gasteiger partial charge in [-0.1, -0.05) is 25.4 Å². The van der Waals surface area contributed by atoms with Crippen LogP contribution in [0.1, 0.15) is 30.9 Å². The molecule has 1 rings (SSSR count). The van der Waals surface area contributed by atoms with Gasteiger partial charge >= 0.3 is 0 Å². The molecule has 96 valence electrons. The molecule has 17 heavy (non-hydrogen) atoms. The zero-order valence-corrected chi connectivity index (χ0v) is 11.5. The van der Waals surface area contributed by atoms with E-state index in [9.17, 15) is 5.11 Å². The summed E-state index contributed by atoms with van der Waals surface area (Å²) in [6.45, 7) is 4.02. The Bertz CT molecular complexity index is 391. The zero-order chi connectivity index (χ0) is 13.0. The monoisotopic (exact) mass is 258 g/mol. The molecule has 0 saturated heterocycles. The number of rotatable bonds is 5. The highest BCUT2D eigenvalue weighted by Crippen LogP contribution is 2.41. The normalized spacial score (nSPS) is 12.4. The van der Waals surface area contributed by atoms with Crippen LogP contribution in [0.25, 0.3) is 0 Å². The van der Waals surface area contributed by atoms with Crippen molar-refractivity contribution >= 4 is 11.6 Å². The Kier molecular flexibility index (Phi) is 5.09. The van der Waals surface area contributed by atoms with Crippen molar-refractivity contribution in [3.8, 4) is 11.5 Å². The molecule has 0 aromatic heterocycles. The van der Waals surface area contributed by atoms with E-state index in [4.69, 9.17) is 21.1 Å². The molecule has 1 atom stereocenters. The molecule has 3 nitrogen and oxygen atoms in total. The van der Waals surface area contributed by atoms with Gasteiger partial charge in [-0.25, -0.2) is 0 Å². The van der Waals surface area contributed by atoms with Crippen molar-refractivity contribution in [3.63, 3.8) is 0 Å². The first-order valence-corrected chi connectivity index (χ1v) is 6.02. The third-order valence-corrected chi connectivity index (χ3v) is 3.20. The minimum Gasteiger partial charge on any atom is -0.493 e. The van der Waals surface area contributed by atoms with Crippen LogP contribution in [-0.2, 0) is 6.42 Å². The molecule has 4 heteroatoms. The summed E-state index contributed by atoms with van der Waals surface area (Å²) in [5.41, 5.74) is 1.94. The molecule has 0 heterocycles. The maximum absolute atomic E-state index is 9.29. The number of methoxy groups -OCH3 is 2. The van der Waals surface area contributed by atoms with E-state index >= 15 is 0 Å². The number of aliphatic hydroxyl groups excluding tert-OH is 1. The Labute approximate surface area is 107 Å². The average molecular weight is 259 g/mol. The Morgan fingerprint density at radius 1 is 1.35 bits per heavy atom. The Morgan fingerprint density at radius 2 is 2.00 bits per heavy atom. The van der Waals surface area contributed by atoms with E-state index in [1.165, 1.54) is 0 Å². The Hall–Kier alpha value is -0.930. The molecule has 0 aliphatic rings. The molecule has 1 aromatic rings. The van der Waals surface area contributed by atoms with Crippen LogP contribution in [0.5, 0.6) is 11.5 Å². The molecule has 0 spiro atoms. The van der Waals surface area contributed by atoms with Gasteiger partial charge in [0.25, 0.3) is 0 Å². The zero-order valence-electron chi connectivity index (χ0n) is 10.7. The molecule has 1 N–H and O–H groups in total. The van der Waals surface area contributed by atoms with E-state index in [2.05, 4.69) is 0 Å². The molecular formula is C13H19ClO3. The molecule has 0 aliphatic heterocycles. The van der Waals surface area contributed by atoms with Crippen LogP contribution in [0.2, 0.25) is 5.02 Å². The van der Waals surface area contributed by atoms with E-state index in [-0.39, 0.29) is 12.5 Å². The third-order valence-electron chi connectivity index (χ3n) is 2.88. The number of halogens is 1. The van der Waals surface area contributed by atoms with E-state index in [1.807, 2.05) is 13.8 Å². The van der Waals surface area contributed by atoms with Gasteiger partial charge < -0.3 is 14.6 Å². The largest absolute Gasteiger partial charge is 0.493 e. The van der Waals surface area contributed by atoms with Gasteiger partial charge in [0, 0.05) is 29.2 Å². The summed E-state index contributed by atoms with van der Waals surface area (Å²) >= 11 is 6.25. The second-order valence-electron chi connectivity index (χ2n) is 3.92. The molecule has 0 saturated carbocycles. The second kappa shape index (κ2) is 6.12. The third kappa shape index (κ3) is 2.67. The highest BCUT2D eigenvalue weighted by atomic mass is 35.5. The number of hydrogen-bond donors (Lipinski definition) is 1. The van der Waals surface area contributed by atoms with Crippen molar-refractivity contribution in [2.45, 2.75) is 26.2 Å². The predicted molar refractivity (Wildman–Crippen MR) is 69.4 cm³/mol. The Morgan fingerprint density at radius 3 is 2.41 bits per heavy atom. The number of ether oxygens (including phenoxy) is 2. The highest BCUT2D eigenvalue weighted by Gasteiger charge is 2.20. The standard InChI is InChI=1S/C13H19ClO3/c1-5-9-12(8(2)7-15)10(14)6-11(16-3)13(9)17-4/h6,8,15H,5,7H2,1-4H3. The van der Waals surface area contributed by atoms with Gasteiger partial charge in [0.05, 0.1) is 14.2 Å². The van der Waals surface area contributed by atoms with E-state index in [0.29, 0.717) is 16.5 Å². The molecule has 0 amide bonds. The van der Waals surface area contributed by atoms with Crippen molar-refractivity contribution in [2.75, 3.05) is 20.8 Å². The van der Waals surface area contributed by atoms with Gasteiger partial charge in [-0.15, -0.1) is 0 Å². The van der Waals surface area contributed by atoms with Gasteiger partial charge in [-0.2, -0.15) is 0 Å². The molecular weight excluding hydrogens is 240 g/mol. The van der Waals surface area contributed by atoms with Crippen LogP contribution in [-0.4, -0.2) is 25.9 Å². The summed E-state index contributed by atoms with van der Waals surface area (Å²) in [5, 5.41) is 9.90. The summed E-state index contributed by atoms with van der Waals surface area (Å²) in [4.78, 5) is 0. The second-order valence-corrected chi connectivity index (χ2v) is 4.33. The summed E-state index contributed by atoms with van der Waals surface area (Å²) < 4.78 is 10.6.